The number of imide groups is 1. The van der Waals surface area contributed by atoms with Crippen LogP contribution in [0.5, 0.6) is 5.75 Å². The zero-order valence-corrected chi connectivity index (χ0v) is 38.6. The number of hydrogen-bond acceptors (Lipinski definition) is 12. The van der Waals surface area contributed by atoms with Gasteiger partial charge in [-0.05, 0) is 112 Å². The summed E-state index contributed by atoms with van der Waals surface area (Å²) in [5.41, 5.74) is 4.21. The molecule has 1 atom stereocenters. The summed E-state index contributed by atoms with van der Waals surface area (Å²) in [5.74, 6) is -1.05. The van der Waals surface area contributed by atoms with E-state index in [4.69, 9.17) is 9.72 Å². The van der Waals surface area contributed by atoms with Gasteiger partial charge >= 0.3 is 0 Å². The molecule has 2 aromatic carbocycles. The summed E-state index contributed by atoms with van der Waals surface area (Å²) in [7, 11) is 0. The Balaban J connectivity index is 0.754. The van der Waals surface area contributed by atoms with Crippen LogP contribution in [0.2, 0.25) is 0 Å². The number of fused-ring (bicyclic) bond motifs is 2. The second kappa shape index (κ2) is 19.2. The van der Waals surface area contributed by atoms with Crippen molar-refractivity contribution in [2.24, 2.45) is 5.92 Å². The fourth-order valence-electron chi connectivity index (χ4n) is 10.9. The molecule has 0 bridgehead atoms. The summed E-state index contributed by atoms with van der Waals surface area (Å²) in [6.45, 7) is 10.6. The maximum Gasteiger partial charge on any atom is 0.255 e. The molecular weight excluding hydrogens is 885 g/mol. The number of carbonyl (C=O) groups is 4. The lowest BCUT2D eigenvalue weighted by Crippen LogP contribution is -2.61. The normalized spacial score (nSPS) is 20.2. The quantitative estimate of drug-likeness (QED) is 0.161. The Bertz CT molecular complexity index is 2820. The Hall–Kier alpha value is -6.97. The van der Waals surface area contributed by atoms with Gasteiger partial charge in [0.2, 0.25) is 11.8 Å². The molecule has 0 aliphatic carbocycles. The fourth-order valence-corrected chi connectivity index (χ4v) is 10.9. The van der Waals surface area contributed by atoms with Crippen molar-refractivity contribution >= 4 is 40.7 Å². The second-order valence-corrected chi connectivity index (χ2v) is 19.0. The molecule has 0 saturated carbocycles. The Morgan fingerprint density at radius 3 is 2.42 bits per heavy atom. The summed E-state index contributed by atoms with van der Waals surface area (Å²) in [5, 5.41) is 19.7. The standard InChI is InChI=1S/C51H55F2N11O5/c1-2-69-39-25-40(47-36(26-54)28-56-64(47)31-39)34-4-9-45(55-27-34)62-17-13-51(14-18-62,58-48(66)42-23-37(52)5-7-43(42)53)32-60-15-11-33(12-16-60)29-59-19-21-61(22-20-59)38-6-3-35-30-63(50(68)41(35)24-38)44-8-10-46(65)57-49(44)67/h3-7,9,23-25,27-28,31,33,44H,2,8,10-22,29-30,32H2,1H3,(H,58,66)(H,57,65,67). The number of ether oxygens (including phenoxy) is 1. The van der Waals surface area contributed by atoms with Gasteiger partial charge in [-0.3, -0.25) is 29.4 Å². The Morgan fingerprint density at radius 1 is 0.899 bits per heavy atom. The lowest BCUT2D eigenvalue weighted by molar-refractivity contribution is -0.136. The zero-order chi connectivity index (χ0) is 47.8. The number of pyridine rings is 2. The van der Waals surface area contributed by atoms with Gasteiger partial charge in [-0.25, -0.2) is 18.3 Å². The number of piperidine rings is 3. The first-order valence-corrected chi connectivity index (χ1v) is 24.0. The van der Waals surface area contributed by atoms with Gasteiger partial charge in [0.15, 0.2) is 0 Å². The molecule has 16 nitrogen and oxygen atoms in total. The Labute approximate surface area is 398 Å². The van der Waals surface area contributed by atoms with E-state index in [1.54, 1.807) is 21.8 Å². The highest BCUT2D eigenvalue weighted by molar-refractivity contribution is 6.05. The number of halogens is 2. The summed E-state index contributed by atoms with van der Waals surface area (Å²) < 4.78 is 36.7. The van der Waals surface area contributed by atoms with Gasteiger partial charge in [-0.2, -0.15) is 10.4 Å². The summed E-state index contributed by atoms with van der Waals surface area (Å²) in [6, 6.07) is 16.4. The van der Waals surface area contributed by atoms with Gasteiger partial charge in [-0.15, -0.1) is 0 Å². The summed E-state index contributed by atoms with van der Waals surface area (Å²) in [6.07, 6.45) is 8.77. The first kappa shape index (κ1) is 45.8. The minimum atomic E-state index is -0.768. The lowest BCUT2D eigenvalue weighted by atomic mass is 9.85. The maximum absolute atomic E-state index is 14.9. The van der Waals surface area contributed by atoms with Gasteiger partial charge < -0.3 is 29.7 Å². The van der Waals surface area contributed by atoms with E-state index < -0.39 is 35.0 Å². The second-order valence-electron chi connectivity index (χ2n) is 19.0. The molecule has 4 saturated heterocycles. The molecule has 1 unspecified atom stereocenters. The molecule has 3 aromatic heterocycles. The molecule has 5 aliphatic heterocycles. The molecule has 5 aliphatic rings. The SMILES string of the molecule is CCOc1cc(-c2ccc(N3CCC(CN4CCC(CN5CCN(c6ccc7c(c6)C(=O)N(C6CCC(=O)NC6=O)C7)CC5)CC4)(NC(=O)c4cc(F)ccc4F)CC3)nc2)c2c(C#N)cnn2c1. The molecular formula is C51H55F2N11O5. The van der Waals surface area contributed by atoms with E-state index in [1.807, 2.05) is 37.3 Å². The molecule has 18 heteroatoms. The van der Waals surface area contributed by atoms with Crippen LogP contribution in [0.15, 0.2) is 73.2 Å². The van der Waals surface area contributed by atoms with Crippen LogP contribution in [-0.4, -0.2) is 137 Å². The monoisotopic (exact) mass is 939 g/mol. The number of nitriles is 1. The molecule has 10 rings (SSSR count). The largest absolute Gasteiger partial charge is 0.492 e. The predicted octanol–water partition coefficient (Wildman–Crippen LogP) is 5.01. The Kier molecular flexibility index (Phi) is 12.7. The van der Waals surface area contributed by atoms with Crippen molar-refractivity contribution in [1.82, 2.24) is 39.9 Å². The molecule has 8 heterocycles. The van der Waals surface area contributed by atoms with Crippen molar-refractivity contribution in [3.63, 3.8) is 0 Å². The molecule has 5 aromatic rings. The number of amides is 4. The maximum atomic E-state index is 14.9. The minimum absolute atomic E-state index is 0.166. The van der Waals surface area contributed by atoms with Crippen LogP contribution in [0, 0.1) is 28.9 Å². The average Bonchev–Trinajstić information content (AvgIpc) is 3.93. The first-order chi connectivity index (χ1) is 33.5. The first-order valence-electron chi connectivity index (χ1n) is 24.0. The number of rotatable bonds is 12. The van der Waals surface area contributed by atoms with Gasteiger partial charge in [0.1, 0.15) is 35.3 Å². The number of anilines is 2. The van der Waals surface area contributed by atoms with Gasteiger partial charge in [0.25, 0.3) is 11.8 Å². The molecule has 0 radical (unpaired) electrons. The third kappa shape index (κ3) is 9.45. The smallest absolute Gasteiger partial charge is 0.255 e. The van der Waals surface area contributed by atoms with Crippen LogP contribution in [0.3, 0.4) is 0 Å². The van der Waals surface area contributed by atoms with Crippen LogP contribution in [0.4, 0.5) is 20.3 Å². The number of nitrogens with one attached hydrogen (secondary N) is 2. The van der Waals surface area contributed by atoms with Crippen molar-refractivity contribution in [3.8, 4) is 22.9 Å². The van der Waals surface area contributed by atoms with Crippen molar-refractivity contribution in [2.75, 3.05) is 81.9 Å². The number of aromatic nitrogens is 3. The van der Waals surface area contributed by atoms with E-state index in [1.165, 1.54) is 6.20 Å². The molecule has 358 valence electrons. The third-order valence-corrected chi connectivity index (χ3v) is 14.7. The number of benzene rings is 2. The highest BCUT2D eigenvalue weighted by atomic mass is 19.1. The minimum Gasteiger partial charge on any atom is -0.492 e. The average molecular weight is 940 g/mol. The summed E-state index contributed by atoms with van der Waals surface area (Å²) in [4.78, 5) is 67.3. The van der Waals surface area contributed by atoms with E-state index >= 15 is 0 Å². The van der Waals surface area contributed by atoms with Crippen LogP contribution in [-0.2, 0) is 16.1 Å². The number of piperazine rings is 1. The molecule has 0 spiro atoms. The van der Waals surface area contributed by atoms with Gasteiger partial charge in [-0.1, -0.05) is 6.07 Å². The zero-order valence-electron chi connectivity index (χ0n) is 38.6. The number of hydrogen-bond donors (Lipinski definition) is 2. The van der Waals surface area contributed by atoms with Crippen LogP contribution in [0.25, 0.3) is 16.6 Å². The van der Waals surface area contributed by atoms with Crippen molar-refractivity contribution < 1.29 is 32.7 Å². The number of carbonyl (C=O) groups excluding carboxylic acids is 4. The van der Waals surface area contributed by atoms with E-state index in [0.717, 1.165) is 105 Å². The Morgan fingerprint density at radius 2 is 1.70 bits per heavy atom. The predicted molar refractivity (Wildman–Crippen MR) is 253 cm³/mol. The fraction of sp³-hybridized carbons (Fsp3) is 0.431. The highest BCUT2D eigenvalue weighted by Crippen LogP contribution is 2.35. The topological polar surface area (TPSA) is 172 Å². The van der Waals surface area contributed by atoms with Crippen molar-refractivity contribution in [2.45, 2.75) is 63.6 Å². The number of nitrogens with zero attached hydrogens (tertiary/aromatic N) is 9. The molecule has 4 amide bonds. The van der Waals surface area contributed by atoms with Crippen molar-refractivity contribution in [1.29, 1.82) is 5.26 Å². The van der Waals surface area contributed by atoms with E-state index in [-0.39, 0.29) is 23.8 Å². The summed E-state index contributed by atoms with van der Waals surface area (Å²) >= 11 is 0. The number of likely N-dealkylation sites (tertiary alicyclic amines) is 1. The van der Waals surface area contributed by atoms with E-state index in [0.29, 0.717) is 80.4 Å². The third-order valence-electron chi connectivity index (χ3n) is 14.7. The highest BCUT2D eigenvalue weighted by Gasteiger charge is 2.41. The molecule has 4 fully saturated rings. The van der Waals surface area contributed by atoms with E-state index in [9.17, 15) is 33.2 Å². The van der Waals surface area contributed by atoms with Gasteiger partial charge in [0.05, 0.1) is 41.2 Å². The van der Waals surface area contributed by atoms with E-state index in [2.05, 4.69) is 47.5 Å². The molecule has 2 N–H and O–H groups in total. The van der Waals surface area contributed by atoms with Crippen LogP contribution >= 0.6 is 0 Å². The molecule has 69 heavy (non-hydrogen) atoms. The van der Waals surface area contributed by atoms with Crippen LogP contribution < -0.4 is 25.2 Å². The van der Waals surface area contributed by atoms with Gasteiger partial charge in [0, 0.05) is 93.9 Å². The van der Waals surface area contributed by atoms with Crippen molar-refractivity contribution in [3.05, 3.63) is 107 Å². The lowest BCUT2D eigenvalue weighted by Gasteiger charge is -2.46. The van der Waals surface area contributed by atoms with Crippen LogP contribution in [0.1, 0.15) is 77.3 Å².